The average molecular weight is 333 g/mol. The van der Waals surface area contributed by atoms with E-state index in [1.807, 2.05) is 10.9 Å². The maximum atomic E-state index is 5.94. The van der Waals surface area contributed by atoms with Gasteiger partial charge in [-0.3, -0.25) is 4.68 Å². The molecule has 23 heavy (non-hydrogen) atoms. The summed E-state index contributed by atoms with van der Waals surface area (Å²) in [6.07, 6.45) is 9.21. The summed E-state index contributed by atoms with van der Waals surface area (Å²) in [5.41, 5.74) is 1.15. The fourth-order valence-corrected chi connectivity index (χ4v) is 4.23. The van der Waals surface area contributed by atoms with Crippen molar-refractivity contribution in [2.24, 2.45) is 0 Å². The van der Waals surface area contributed by atoms with Crippen LogP contribution in [-0.4, -0.2) is 38.8 Å². The van der Waals surface area contributed by atoms with Crippen LogP contribution in [0.3, 0.4) is 0 Å². The molecular formula is C16H23N5OS. The predicted octanol–water partition coefficient (Wildman–Crippen LogP) is 2.99. The molecule has 2 aromatic heterocycles. The second-order valence-corrected chi connectivity index (χ2v) is 7.08. The topological polar surface area (TPSA) is 56.1 Å². The molecule has 7 heteroatoms. The van der Waals surface area contributed by atoms with Gasteiger partial charge in [0.05, 0.1) is 19.3 Å². The Hall–Kier alpha value is -1.47. The van der Waals surface area contributed by atoms with E-state index in [1.165, 1.54) is 37.2 Å². The molecule has 0 radical (unpaired) electrons. The minimum Gasteiger partial charge on any atom is -0.370 e. The first-order valence-electron chi connectivity index (χ1n) is 8.56. The van der Waals surface area contributed by atoms with Crippen LogP contribution >= 0.6 is 11.5 Å². The molecule has 124 valence electrons. The smallest absolute Gasteiger partial charge is 0.205 e. The van der Waals surface area contributed by atoms with Gasteiger partial charge in [0.15, 0.2) is 0 Å². The molecule has 1 saturated carbocycles. The van der Waals surface area contributed by atoms with E-state index >= 15 is 0 Å². The van der Waals surface area contributed by atoms with E-state index in [-0.39, 0.29) is 6.10 Å². The fourth-order valence-electron chi connectivity index (χ4n) is 3.45. The first-order chi connectivity index (χ1) is 11.3. The van der Waals surface area contributed by atoms with Crippen molar-refractivity contribution in [1.29, 1.82) is 0 Å². The lowest BCUT2D eigenvalue weighted by Crippen LogP contribution is -2.38. The molecule has 1 atom stereocenters. The van der Waals surface area contributed by atoms with Gasteiger partial charge in [0.1, 0.15) is 11.9 Å². The molecule has 1 aliphatic heterocycles. The lowest BCUT2D eigenvalue weighted by molar-refractivity contribution is 0.0397. The lowest BCUT2D eigenvalue weighted by Gasteiger charge is -2.32. The zero-order valence-corrected chi connectivity index (χ0v) is 14.3. The van der Waals surface area contributed by atoms with Crippen LogP contribution in [0.1, 0.15) is 56.0 Å². The number of hydrogen-bond donors (Lipinski definition) is 0. The molecule has 0 bridgehead atoms. The van der Waals surface area contributed by atoms with Crippen LogP contribution in [0.4, 0.5) is 5.13 Å². The van der Waals surface area contributed by atoms with E-state index in [1.54, 1.807) is 0 Å². The quantitative estimate of drug-likeness (QED) is 0.861. The Morgan fingerprint density at radius 3 is 3.00 bits per heavy atom. The number of anilines is 1. The van der Waals surface area contributed by atoms with E-state index in [0.717, 1.165) is 42.8 Å². The van der Waals surface area contributed by atoms with Crippen molar-refractivity contribution in [1.82, 2.24) is 19.1 Å². The molecule has 1 aliphatic carbocycles. The van der Waals surface area contributed by atoms with Crippen LogP contribution in [0, 0.1) is 0 Å². The van der Waals surface area contributed by atoms with Gasteiger partial charge in [-0.2, -0.15) is 9.47 Å². The molecule has 0 aromatic carbocycles. The van der Waals surface area contributed by atoms with Gasteiger partial charge in [0, 0.05) is 42.3 Å². The fraction of sp³-hybridized carbons (Fsp3) is 0.688. The zero-order valence-electron chi connectivity index (χ0n) is 13.5. The Morgan fingerprint density at radius 1 is 1.35 bits per heavy atom. The Kier molecular flexibility index (Phi) is 4.31. The molecule has 6 nitrogen and oxygen atoms in total. The van der Waals surface area contributed by atoms with Crippen molar-refractivity contribution in [2.45, 2.75) is 51.2 Å². The molecule has 2 aromatic rings. The van der Waals surface area contributed by atoms with Crippen LogP contribution in [0.2, 0.25) is 0 Å². The van der Waals surface area contributed by atoms with Crippen molar-refractivity contribution < 1.29 is 4.74 Å². The van der Waals surface area contributed by atoms with E-state index in [0.29, 0.717) is 5.92 Å². The first-order valence-corrected chi connectivity index (χ1v) is 9.33. The molecule has 2 aliphatic rings. The highest BCUT2D eigenvalue weighted by atomic mass is 32.1. The van der Waals surface area contributed by atoms with Crippen LogP contribution in [-0.2, 0) is 11.3 Å². The summed E-state index contributed by atoms with van der Waals surface area (Å²) in [7, 11) is 0. The van der Waals surface area contributed by atoms with E-state index in [9.17, 15) is 0 Å². The standard InChI is InChI=1S/C16H23N5OS/c1-2-21-10-13(9-17-21)14-11-20(7-8-22-14)16-18-15(19-23-16)12-5-3-4-6-12/h9-10,12,14H,2-8,11H2,1H3. The third kappa shape index (κ3) is 3.12. The summed E-state index contributed by atoms with van der Waals surface area (Å²) >= 11 is 1.54. The van der Waals surface area contributed by atoms with Crippen molar-refractivity contribution in [3.63, 3.8) is 0 Å². The van der Waals surface area contributed by atoms with Crippen molar-refractivity contribution >= 4 is 16.7 Å². The Morgan fingerprint density at radius 2 is 2.22 bits per heavy atom. The molecule has 1 unspecified atom stereocenters. The monoisotopic (exact) mass is 333 g/mol. The van der Waals surface area contributed by atoms with Crippen molar-refractivity contribution in [3.8, 4) is 0 Å². The summed E-state index contributed by atoms with van der Waals surface area (Å²) < 4.78 is 12.5. The number of aromatic nitrogens is 4. The number of ether oxygens (including phenoxy) is 1. The Labute approximate surface area is 140 Å². The minimum atomic E-state index is 0.0721. The number of rotatable bonds is 4. The number of aryl methyl sites for hydroxylation is 1. The lowest BCUT2D eigenvalue weighted by atomic mass is 10.1. The van der Waals surface area contributed by atoms with Gasteiger partial charge < -0.3 is 9.64 Å². The molecule has 4 rings (SSSR count). The number of morpholine rings is 1. The van der Waals surface area contributed by atoms with Crippen molar-refractivity contribution in [3.05, 3.63) is 23.8 Å². The van der Waals surface area contributed by atoms with Gasteiger partial charge >= 0.3 is 0 Å². The van der Waals surface area contributed by atoms with Gasteiger partial charge in [-0.05, 0) is 19.8 Å². The SMILES string of the molecule is CCn1cc(C2CN(c3nc(C4CCCC4)ns3)CCO2)cn1. The predicted molar refractivity (Wildman–Crippen MR) is 89.9 cm³/mol. The maximum absolute atomic E-state index is 5.94. The van der Waals surface area contributed by atoms with Gasteiger partial charge in [0.2, 0.25) is 5.13 Å². The molecule has 0 N–H and O–H groups in total. The highest BCUT2D eigenvalue weighted by Crippen LogP contribution is 2.35. The Balaban J connectivity index is 1.46. The molecular weight excluding hydrogens is 310 g/mol. The van der Waals surface area contributed by atoms with Gasteiger partial charge in [-0.15, -0.1) is 0 Å². The Bertz CT molecular complexity index is 648. The largest absolute Gasteiger partial charge is 0.370 e. The second kappa shape index (κ2) is 6.57. The summed E-state index contributed by atoms with van der Waals surface area (Å²) in [5, 5.41) is 5.40. The molecule has 0 spiro atoms. The summed E-state index contributed by atoms with van der Waals surface area (Å²) in [5.74, 6) is 1.64. The van der Waals surface area contributed by atoms with Crippen LogP contribution in [0.25, 0.3) is 0 Å². The van der Waals surface area contributed by atoms with Crippen LogP contribution in [0.5, 0.6) is 0 Å². The minimum absolute atomic E-state index is 0.0721. The molecule has 0 amide bonds. The highest BCUT2D eigenvalue weighted by Gasteiger charge is 2.27. The number of nitrogens with zero attached hydrogens (tertiary/aromatic N) is 5. The third-order valence-corrected chi connectivity index (χ3v) is 5.63. The zero-order chi connectivity index (χ0) is 15.6. The highest BCUT2D eigenvalue weighted by molar-refractivity contribution is 7.09. The molecule has 3 heterocycles. The van der Waals surface area contributed by atoms with E-state index in [4.69, 9.17) is 9.72 Å². The average Bonchev–Trinajstić information content (AvgIpc) is 3.35. The van der Waals surface area contributed by atoms with Gasteiger partial charge in [0.25, 0.3) is 0 Å². The third-order valence-electron chi connectivity index (χ3n) is 4.84. The van der Waals surface area contributed by atoms with E-state index in [2.05, 4.69) is 27.5 Å². The maximum Gasteiger partial charge on any atom is 0.205 e. The first kappa shape index (κ1) is 15.1. The summed E-state index contributed by atoms with van der Waals surface area (Å²) in [4.78, 5) is 7.14. The summed E-state index contributed by atoms with van der Waals surface area (Å²) in [6, 6.07) is 0. The van der Waals surface area contributed by atoms with Gasteiger partial charge in [-0.25, -0.2) is 4.98 Å². The molecule has 1 saturated heterocycles. The van der Waals surface area contributed by atoms with Crippen molar-refractivity contribution in [2.75, 3.05) is 24.6 Å². The van der Waals surface area contributed by atoms with Crippen LogP contribution < -0.4 is 4.90 Å². The van der Waals surface area contributed by atoms with E-state index < -0.39 is 0 Å². The normalized spacial score (nSPS) is 22.8. The van der Waals surface area contributed by atoms with Gasteiger partial charge in [-0.1, -0.05) is 12.8 Å². The summed E-state index contributed by atoms with van der Waals surface area (Å²) in [6.45, 7) is 5.42. The van der Waals surface area contributed by atoms with Crippen LogP contribution in [0.15, 0.2) is 12.4 Å². The molecule has 2 fully saturated rings. The second-order valence-electron chi connectivity index (χ2n) is 6.35. The number of hydrogen-bond acceptors (Lipinski definition) is 6.